The van der Waals surface area contributed by atoms with E-state index in [1.54, 1.807) is 0 Å². The second kappa shape index (κ2) is 4.31. The second-order valence-corrected chi connectivity index (χ2v) is 4.35. The van der Waals surface area contributed by atoms with Gasteiger partial charge in [-0.15, -0.1) is 0 Å². The van der Waals surface area contributed by atoms with Crippen LogP contribution in [-0.4, -0.2) is 12.6 Å². The van der Waals surface area contributed by atoms with Gasteiger partial charge in [0.15, 0.2) is 0 Å². The van der Waals surface area contributed by atoms with Crippen LogP contribution in [0.1, 0.15) is 29.2 Å². The van der Waals surface area contributed by atoms with Crippen molar-refractivity contribution in [3.63, 3.8) is 0 Å². The third-order valence-electron chi connectivity index (χ3n) is 3.20. The zero-order chi connectivity index (χ0) is 10.8. The molecule has 1 aliphatic rings. The maximum atomic E-state index is 5.63. The van der Waals surface area contributed by atoms with Crippen LogP contribution in [0.15, 0.2) is 18.2 Å². The van der Waals surface area contributed by atoms with E-state index in [-0.39, 0.29) is 0 Å². The molecule has 0 amide bonds. The summed E-state index contributed by atoms with van der Waals surface area (Å²) in [5, 5.41) is 0. The summed E-state index contributed by atoms with van der Waals surface area (Å²) in [5.74, 6) is 0. The fourth-order valence-electron chi connectivity index (χ4n) is 1.98. The van der Waals surface area contributed by atoms with Gasteiger partial charge in [-0.05, 0) is 37.0 Å². The third kappa shape index (κ3) is 2.20. The van der Waals surface area contributed by atoms with Gasteiger partial charge in [-0.2, -0.15) is 0 Å². The van der Waals surface area contributed by atoms with E-state index in [1.165, 1.54) is 16.7 Å². The molecule has 0 saturated carbocycles. The summed E-state index contributed by atoms with van der Waals surface area (Å²) < 4.78 is 0. The van der Waals surface area contributed by atoms with Gasteiger partial charge in [-0.3, -0.25) is 5.43 Å². The quantitative estimate of drug-likeness (QED) is 0.679. The lowest BCUT2D eigenvalue weighted by Crippen LogP contribution is -2.35. The van der Waals surface area contributed by atoms with Crippen LogP contribution in [-0.2, 0) is 0 Å². The monoisotopic (exact) mass is 205 g/mol. The van der Waals surface area contributed by atoms with E-state index in [1.807, 2.05) is 0 Å². The maximum Gasteiger partial charge on any atom is 0.0478 e. The molecule has 2 rings (SSSR count). The first-order valence-corrected chi connectivity index (χ1v) is 5.49. The van der Waals surface area contributed by atoms with Crippen molar-refractivity contribution in [2.45, 2.75) is 32.4 Å². The van der Waals surface area contributed by atoms with Crippen LogP contribution in [0.25, 0.3) is 0 Å². The van der Waals surface area contributed by atoms with Crippen molar-refractivity contribution in [2.24, 2.45) is 5.73 Å². The van der Waals surface area contributed by atoms with Crippen molar-refractivity contribution in [3.05, 3.63) is 34.9 Å². The van der Waals surface area contributed by atoms with Crippen LogP contribution in [0.4, 0.5) is 0 Å². The highest BCUT2D eigenvalue weighted by atomic mass is 15.4. The van der Waals surface area contributed by atoms with Crippen LogP contribution in [0.5, 0.6) is 0 Å². The third-order valence-corrected chi connectivity index (χ3v) is 3.20. The Bertz CT molecular complexity index is 349. The summed E-state index contributed by atoms with van der Waals surface area (Å²) in [7, 11) is 0. The van der Waals surface area contributed by atoms with Crippen LogP contribution >= 0.6 is 0 Å². The molecule has 2 unspecified atom stereocenters. The van der Waals surface area contributed by atoms with Crippen LogP contribution < -0.4 is 16.6 Å². The first-order valence-electron chi connectivity index (χ1n) is 5.49. The molecular weight excluding hydrogens is 186 g/mol. The van der Waals surface area contributed by atoms with Gasteiger partial charge in [-0.1, -0.05) is 18.2 Å². The Kier molecular flexibility index (Phi) is 3.05. The Hall–Kier alpha value is -0.900. The van der Waals surface area contributed by atoms with Crippen LogP contribution in [0, 0.1) is 13.8 Å². The van der Waals surface area contributed by atoms with Crippen molar-refractivity contribution in [1.29, 1.82) is 0 Å². The highest BCUT2D eigenvalue weighted by Gasteiger charge is 2.23. The lowest BCUT2D eigenvalue weighted by molar-refractivity contribution is 0.546. The van der Waals surface area contributed by atoms with Crippen LogP contribution in [0.3, 0.4) is 0 Å². The normalized spacial score (nSPS) is 25.8. The number of hydrogen-bond donors (Lipinski definition) is 3. The van der Waals surface area contributed by atoms with Crippen LogP contribution in [0.2, 0.25) is 0 Å². The number of nitrogens with one attached hydrogen (secondary N) is 2. The molecule has 3 nitrogen and oxygen atoms in total. The molecule has 3 heteroatoms. The molecule has 0 aromatic heterocycles. The molecule has 2 atom stereocenters. The molecule has 1 aromatic rings. The number of hydrogen-bond acceptors (Lipinski definition) is 3. The van der Waals surface area contributed by atoms with Crippen molar-refractivity contribution in [2.75, 3.05) is 6.54 Å². The summed E-state index contributed by atoms with van der Waals surface area (Å²) in [6.07, 6.45) is 1.07. The van der Waals surface area contributed by atoms with Crippen molar-refractivity contribution in [1.82, 2.24) is 10.9 Å². The molecule has 0 spiro atoms. The maximum absolute atomic E-state index is 5.63. The number of aryl methyl sites for hydroxylation is 2. The topological polar surface area (TPSA) is 50.1 Å². The molecule has 1 fully saturated rings. The molecular formula is C12H19N3. The van der Waals surface area contributed by atoms with Crippen molar-refractivity contribution >= 4 is 0 Å². The molecule has 82 valence electrons. The second-order valence-electron chi connectivity index (χ2n) is 4.35. The van der Waals surface area contributed by atoms with Crippen molar-refractivity contribution in [3.8, 4) is 0 Å². The molecule has 4 N–H and O–H groups in total. The number of benzene rings is 1. The van der Waals surface area contributed by atoms with Gasteiger partial charge in [0.05, 0.1) is 0 Å². The average Bonchev–Trinajstić information content (AvgIpc) is 2.70. The zero-order valence-corrected chi connectivity index (χ0v) is 9.38. The van der Waals surface area contributed by atoms with E-state index >= 15 is 0 Å². The molecule has 0 bridgehead atoms. The first kappa shape index (κ1) is 10.6. The SMILES string of the molecule is Cc1ccc(C2CC(CN)NN2)cc1C. The molecule has 0 aliphatic carbocycles. The predicted molar refractivity (Wildman–Crippen MR) is 62.4 cm³/mol. The van der Waals surface area contributed by atoms with Gasteiger partial charge in [0.2, 0.25) is 0 Å². The Morgan fingerprint density at radius 1 is 1.27 bits per heavy atom. The molecule has 0 radical (unpaired) electrons. The minimum absolute atomic E-state index is 0.400. The minimum Gasteiger partial charge on any atom is -0.329 e. The summed E-state index contributed by atoms with van der Waals surface area (Å²) in [5.41, 5.74) is 16.2. The number of hydrazine groups is 1. The van der Waals surface area contributed by atoms with E-state index in [9.17, 15) is 0 Å². The Balaban J connectivity index is 2.13. The fraction of sp³-hybridized carbons (Fsp3) is 0.500. The van der Waals surface area contributed by atoms with Gasteiger partial charge in [0, 0.05) is 18.6 Å². The molecule has 1 aliphatic heterocycles. The standard InChI is InChI=1S/C12H19N3/c1-8-3-4-10(5-9(8)2)12-6-11(7-13)14-15-12/h3-5,11-12,14-15H,6-7,13H2,1-2H3. The Morgan fingerprint density at radius 2 is 2.07 bits per heavy atom. The Morgan fingerprint density at radius 3 is 2.67 bits per heavy atom. The van der Waals surface area contributed by atoms with E-state index in [0.29, 0.717) is 18.6 Å². The summed E-state index contributed by atoms with van der Waals surface area (Å²) in [6, 6.07) is 7.44. The smallest absolute Gasteiger partial charge is 0.0478 e. The number of rotatable bonds is 2. The highest BCUT2D eigenvalue weighted by Crippen LogP contribution is 2.23. The Labute approximate surface area is 91.0 Å². The van der Waals surface area contributed by atoms with E-state index in [0.717, 1.165) is 6.42 Å². The van der Waals surface area contributed by atoms with Crippen molar-refractivity contribution < 1.29 is 0 Å². The first-order chi connectivity index (χ1) is 7.20. The molecule has 15 heavy (non-hydrogen) atoms. The van der Waals surface area contributed by atoms with Gasteiger partial charge < -0.3 is 5.73 Å². The average molecular weight is 205 g/mol. The summed E-state index contributed by atoms with van der Waals surface area (Å²) in [4.78, 5) is 0. The minimum atomic E-state index is 0.400. The largest absolute Gasteiger partial charge is 0.329 e. The lowest BCUT2D eigenvalue weighted by atomic mass is 9.98. The van der Waals surface area contributed by atoms with Gasteiger partial charge >= 0.3 is 0 Å². The lowest BCUT2D eigenvalue weighted by Gasteiger charge is -2.11. The summed E-state index contributed by atoms with van der Waals surface area (Å²) in [6.45, 7) is 4.98. The summed E-state index contributed by atoms with van der Waals surface area (Å²) >= 11 is 0. The predicted octanol–water partition coefficient (Wildman–Crippen LogP) is 1.17. The highest BCUT2D eigenvalue weighted by molar-refractivity contribution is 5.32. The molecule has 1 saturated heterocycles. The van der Waals surface area contributed by atoms with E-state index < -0.39 is 0 Å². The zero-order valence-electron chi connectivity index (χ0n) is 9.38. The van der Waals surface area contributed by atoms with Gasteiger partial charge in [0.1, 0.15) is 0 Å². The fourth-order valence-corrected chi connectivity index (χ4v) is 1.98. The van der Waals surface area contributed by atoms with Gasteiger partial charge in [-0.25, -0.2) is 5.43 Å². The van der Waals surface area contributed by atoms with E-state index in [4.69, 9.17) is 5.73 Å². The van der Waals surface area contributed by atoms with Gasteiger partial charge in [0.25, 0.3) is 0 Å². The van der Waals surface area contributed by atoms with E-state index in [2.05, 4.69) is 42.9 Å². The number of nitrogens with two attached hydrogens (primary N) is 1. The molecule has 1 heterocycles. The molecule has 1 aromatic carbocycles.